The molecule has 31 heavy (non-hydrogen) atoms. The molecule has 3 aliphatic rings. The monoisotopic (exact) mass is 445 g/mol. The minimum absolute atomic E-state index is 0.0254. The van der Waals surface area contributed by atoms with Gasteiger partial charge in [0.15, 0.2) is 0 Å². The van der Waals surface area contributed by atoms with E-state index in [2.05, 4.69) is 28.7 Å². The first-order chi connectivity index (χ1) is 15.0. The molecule has 1 unspecified atom stereocenters. The van der Waals surface area contributed by atoms with Gasteiger partial charge in [-0.25, -0.2) is 9.46 Å². The van der Waals surface area contributed by atoms with Crippen LogP contribution in [0.1, 0.15) is 56.1 Å². The van der Waals surface area contributed by atoms with Crippen molar-refractivity contribution in [3.05, 3.63) is 68.5 Å². The summed E-state index contributed by atoms with van der Waals surface area (Å²) < 4.78 is 23.0. The highest BCUT2D eigenvalue weighted by Crippen LogP contribution is 2.61. The van der Waals surface area contributed by atoms with Gasteiger partial charge < -0.3 is 13.8 Å². The first-order valence-electron chi connectivity index (χ1n) is 11.0. The Bertz CT molecular complexity index is 1040. The van der Waals surface area contributed by atoms with Crippen LogP contribution in [0.5, 0.6) is 0 Å². The molecule has 9 heteroatoms. The number of nitrogens with zero attached hydrogens (tertiary/aromatic N) is 2. The molecule has 0 radical (unpaired) electrons. The largest absolute Gasteiger partial charge is 0.352 e. The number of aromatic amines is 1. The summed E-state index contributed by atoms with van der Waals surface area (Å²) in [5.41, 5.74) is 0.849. The summed E-state index contributed by atoms with van der Waals surface area (Å²) in [6, 6.07) is 10.7. The normalized spacial score (nSPS) is 33.1. The Hall–Kier alpha value is -1.83. The fourth-order valence-corrected chi connectivity index (χ4v) is 6.77. The van der Waals surface area contributed by atoms with Crippen LogP contribution in [-0.2, 0) is 13.8 Å². The van der Waals surface area contributed by atoms with Gasteiger partial charge >= 0.3 is 5.69 Å². The lowest BCUT2D eigenvalue weighted by Crippen LogP contribution is -2.33. The van der Waals surface area contributed by atoms with Crippen molar-refractivity contribution in [1.82, 2.24) is 14.2 Å². The van der Waals surface area contributed by atoms with Gasteiger partial charge in [-0.1, -0.05) is 37.3 Å². The lowest BCUT2D eigenvalue weighted by atomic mass is 10.0. The first kappa shape index (κ1) is 21.0. The number of hydrogen-bond donors (Lipinski definition) is 1. The van der Waals surface area contributed by atoms with Crippen molar-refractivity contribution < 1.29 is 13.8 Å². The lowest BCUT2D eigenvalue weighted by Gasteiger charge is -2.25. The fraction of sp³-hybridized carbons (Fsp3) is 0.545. The third-order valence-electron chi connectivity index (χ3n) is 6.43. The summed E-state index contributed by atoms with van der Waals surface area (Å²) >= 11 is 0. The van der Waals surface area contributed by atoms with E-state index in [0.29, 0.717) is 18.0 Å². The number of benzene rings is 1. The fourth-order valence-electron chi connectivity index (χ4n) is 4.79. The molecule has 166 valence electrons. The third-order valence-corrected chi connectivity index (χ3v) is 8.20. The molecule has 3 fully saturated rings. The number of aromatic nitrogens is 2. The first-order valence-corrected chi connectivity index (χ1v) is 12.1. The van der Waals surface area contributed by atoms with Gasteiger partial charge in [-0.15, -0.1) is 0 Å². The summed E-state index contributed by atoms with van der Waals surface area (Å²) in [5, 5.41) is 0. The Labute approximate surface area is 182 Å². The molecule has 0 aliphatic carbocycles. The minimum Gasteiger partial charge on any atom is -0.352 e. The molecular weight excluding hydrogens is 417 g/mol. The quantitative estimate of drug-likeness (QED) is 0.711. The average Bonchev–Trinajstić information content (AvgIpc) is 3.48. The predicted molar refractivity (Wildman–Crippen MR) is 117 cm³/mol. The Morgan fingerprint density at radius 1 is 1.26 bits per heavy atom. The number of fused-ring (bicyclic) bond motifs is 1. The Kier molecular flexibility index (Phi) is 5.84. The number of rotatable bonds is 5. The zero-order chi connectivity index (χ0) is 21.5. The maximum Gasteiger partial charge on any atom is 0.330 e. The van der Waals surface area contributed by atoms with Crippen molar-refractivity contribution in [2.45, 2.75) is 70.1 Å². The summed E-state index contributed by atoms with van der Waals surface area (Å²) in [6.45, 7) is 4.71. The number of nitrogens with one attached hydrogen (secondary N) is 1. The van der Waals surface area contributed by atoms with Crippen molar-refractivity contribution in [1.29, 1.82) is 0 Å². The molecule has 5 rings (SSSR count). The zero-order valence-corrected chi connectivity index (χ0v) is 18.7. The number of hydrogen-bond acceptors (Lipinski definition) is 6. The smallest absolute Gasteiger partial charge is 0.330 e. The van der Waals surface area contributed by atoms with E-state index in [0.717, 1.165) is 25.8 Å². The summed E-state index contributed by atoms with van der Waals surface area (Å²) in [6.07, 6.45) is 4.39. The van der Waals surface area contributed by atoms with Crippen LogP contribution < -0.4 is 11.2 Å². The minimum atomic E-state index is -1.19. The van der Waals surface area contributed by atoms with Crippen molar-refractivity contribution in [2.75, 3.05) is 6.54 Å². The molecule has 0 bridgehead atoms. The van der Waals surface area contributed by atoms with Gasteiger partial charge in [0.1, 0.15) is 12.3 Å². The highest BCUT2D eigenvalue weighted by atomic mass is 31.2. The molecule has 3 saturated heterocycles. The second-order valence-electron chi connectivity index (χ2n) is 8.44. The van der Waals surface area contributed by atoms with Crippen molar-refractivity contribution in [2.24, 2.45) is 0 Å². The SMILES string of the molecule is CC[C@H]1O[C@@H](n2cc(C)c(=O)[nH]c2=O)CC1O[P@]1O[C@@H](c2ccccc2)[C@H]2CCCN21. The van der Waals surface area contributed by atoms with E-state index in [9.17, 15) is 9.59 Å². The van der Waals surface area contributed by atoms with Crippen LogP contribution in [0.2, 0.25) is 0 Å². The van der Waals surface area contributed by atoms with Crippen LogP contribution in [0.25, 0.3) is 0 Å². The molecule has 2 aromatic rings. The molecule has 4 heterocycles. The van der Waals surface area contributed by atoms with Crippen LogP contribution in [0.3, 0.4) is 0 Å². The van der Waals surface area contributed by atoms with Crippen LogP contribution in [0, 0.1) is 6.92 Å². The van der Waals surface area contributed by atoms with Gasteiger partial charge in [0.2, 0.25) is 0 Å². The second kappa shape index (κ2) is 8.60. The highest BCUT2D eigenvalue weighted by molar-refractivity contribution is 7.44. The molecule has 0 spiro atoms. The molecule has 0 saturated carbocycles. The van der Waals surface area contributed by atoms with Crippen LogP contribution in [0.4, 0.5) is 0 Å². The van der Waals surface area contributed by atoms with Crippen molar-refractivity contribution >= 4 is 8.53 Å². The van der Waals surface area contributed by atoms with Gasteiger partial charge in [0.25, 0.3) is 14.1 Å². The zero-order valence-electron chi connectivity index (χ0n) is 17.8. The second-order valence-corrected chi connectivity index (χ2v) is 9.85. The van der Waals surface area contributed by atoms with Gasteiger partial charge in [0.05, 0.1) is 12.2 Å². The molecule has 0 amide bonds. The Morgan fingerprint density at radius 3 is 2.84 bits per heavy atom. The number of H-pyrrole nitrogens is 1. The Balaban J connectivity index is 1.34. The summed E-state index contributed by atoms with van der Waals surface area (Å²) in [4.78, 5) is 26.4. The molecule has 6 atom stereocenters. The van der Waals surface area contributed by atoms with Crippen LogP contribution in [-0.4, -0.2) is 39.0 Å². The number of ether oxygens (including phenoxy) is 1. The van der Waals surface area contributed by atoms with E-state index in [1.807, 2.05) is 18.2 Å². The maximum atomic E-state index is 12.3. The van der Waals surface area contributed by atoms with Gasteiger partial charge in [-0.2, -0.15) is 0 Å². The lowest BCUT2D eigenvalue weighted by molar-refractivity contribution is -0.0190. The summed E-state index contributed by atoms with van der Waals surface area (Å²) in [5.74, 6) is 0. The average molecular weight is 445 g/mol. The summed E-state index contributed by atoms with van der Waals surface area (Å²) in [7, 11) is -1.19. The molecule has 8 nitrogen and oxygen atoms in total. The van der Waals surface area contributed by atoms with Crippen molar-refractivity contribution in [3.8, 4) is 0 Å². The maximum absolute atomic E-state index is 12.3. The van der Waals surface area contributed by atoms with Gasteiger partial charge in [-0.3, -0.25) is 14.3 Å². The van der Waals surface area contributed by atoms with Gasteiger partial charge in [0, 0.05) is 30.8 Å². The predicted octanol–water partition coefficient (Wildman–Crippen LogP) is 3.39. The topological polar surface area (TPSA) is 85.8 Å². The van der Waals surface area contributed by atoms with E-state index in [1.54, 1.807) is 13.1 Å². The Morgan fingerprint density at radius 2 is 2.06 bits per heavy atom. The standard InChI is InChI=1S/C22H28N3O5P/c1-3-17-18(12-19(28-17)24-13-14(2)21(26)23-22(24)27)29-31-25-11-7-10-16(25)20(30-31)15-8-5-4-6-9-15/h4-6,8-9,13,16-20H,3,7,10-12H2,1-2H3,(H,23,26,27)/t16-,17-,18?,19-,20+,31-/m1/s1. The van der Waals surface area contributed by atoms with Crippen LogP contribution in [0.15, 0.2) is 46.1 Å². The molecule has 1 aromatic carbocycles. The molecule has 3 aliphatic heterocycles. The van der Waals surface area contributed by atoms with E-state index in [1.165, 1.54) is 10.1 Å². The molecule has 1 N–H and O–H groups in total. The number of aryl methyl sites for hydroxylation is 1. The van der Waals surface area contributed by atoms with E-state index in [-0.39, 0.29) is 23.9 Å². The van der Waals surface area contributed by atoms with Crippen LogP contribution >= 0.6 is 8.53 Å². The molecule has 1 aromatic heterocycles. The van der Waals surface area contributed by atoms with E-state index in [4.69, 9.17) is 13.8 Å². The van der Waals surface area contributed by atoms with E-state index < -0.39 is 20.4 Å². The highest BCUT2D eigenvalue weighted by Gasteiger charge is 2.49. The third kappa shape index (κ3) is 3.92. The molecular formula is C22H28N3O5P. The van der Waals surface area contributed by atoms with E-state index >= 15 is 0 Å². The van der Waals surface area contributed by atoms with Gasteiger partial charge in [-0.05, 0) is 31.7 Å². The van der Waals surface area contributed by atoms with Crippen molar-refractivity contribution in [3.63, 3.8) is 0 Å².